The van der Waals surface area contributed by atoms with E-state index in [2.05, 4.69) is 6.92 Å². The van der Waals surface area contributed by atoms with Gasteiger partial charge in [-0.15, -0.1) is 0 Å². The molecule has 0 aliphatic heterocycles. The summed E-state index contributed by atoms with van der Waals surface area (Å²) in [6, 6.07) is 16.7. The molecule has 0 unspecified atom stereocenters. The van der Waals surface area contributed by atoms with Crippen LogP contribution in [0.3, 0.4) is 0 Å². The van der Waals surface area contributed by atoms with Gasteiger partial charge in [0.1, 0.15) is 11.5 Å². The van der Waals surface area contributed by atoms with Crippen molar-refractivity contribution in [2.24, 2.45) is 0 Å². The van der Waals surface area contributed by atoms with Crippen LogP contribution < -0.4 is 9.47 Å². The zero-order valence-corrected chi connectivity index (χ0v) is 20.2. The topological polar surface area (TPSA) is 18.5 Å². The highest BCUT2D eigenvalue weighted by molar-refractivity contribution is 5.32. The van der Waals surface area contributed by atoms with Gasteiger partial charge in [-0.25, -0.2) is 0 Å². The molecule has 0 amide bonds. The first-order chi connectivity index (χ1) is 16.7. The molecule has 0 atom stereocenters. The molecule has 35 heavy (non-hydrogen) atoms. The summed E-state index contributed by atoms with van der Waals surface area (Å²) in [4.78, 5) is 0. The fraction of sp³-hybridized carbons (Fsp3) is 0.379. The van der Waals surface area contributed by atoms with Crippen LogP contribution in [0.1, 0.15) is 68.2 Å². The summed E-state index contributed by atoms with van der Waals surface area (Å²) < 4.78 is 68.2. The standard InChI is InChI=1S/C29H32F4O2/c1-3-5-6-7-9-23-12-20-27(21-13-23)35-29(32,33)25-16-14-24(15-17-25)28(30,31)34-26-18-10-22(8-4-2)11-19-26/h10-21H,3-9H2,1-2H3. The molecule has 6 heteroatoms. The largest absolute Gasteiger partial charge is 0.429 e. The molecule has 188 valence electrons. The first kappa shape index (κ1) is 26.6. The zero-order chi connectivity index (χ0) is 25.3. The molecule has 3 aromatic rings. The molecule has 0 heterocycles. The number of rotatable bonds is 13. The first-order valence-electron chi connectivity index (χ1n) is 12.2. The summed E-state index contributed by atoms with van der Waals surface area (Å²) in [6.45, 7) is 4.18. The number of benzene rings is 3. The summed E-state index contributed by atoms with van der Waals surface area (Å²) >= 11 is 0. The molecule has 3 aromatic carbocycles. The Hall–Kier alpha value is -3.02. The van der Waals surface area contributed by atoms with E-state index >= 15 is 0 Å². The molecule has 2 nitrogen and oxygen atoms in total. The highest BCUT2D eigenvalue weighted by Crippen LogP contribution is 2.35. The maximum Gasteiger partial charge on any atom is 0.426 e. The highest BCUT2D eigenvalue weighted by Gasteiger charge is 2.38. The van der Waals surface area contributed by atoms with Gasteiger partial charge in [0.2, 0.25) is 0 Å². The van der Waals surface area contributed by atoms with Crippen LogP contribution in [0.4, 0.5) is 17.6 Å². The van der Waals surface area contributed by atoms with E-state index in [1.54, 1.807) is 24.3 Å². The van der Waals surface area contributed by atoms with Crippen molar-refractivity contribution >= 4 is 0 Å². The van der Waals surface area contributed by atoms with Gasteiger partial charge in [-0.05, 0) is 78.9 Å². The van der Waals surface area contributed by atoms with Crippen LogP contribution in [-0.4, -0.2) is 0 Å². The molecule has 0 spiro atoms. The third-order valence-corrected chi connectivity index (χ3v) is 5.75. The lowest BCUT2D eigenvalue weighted by atomic mass is 10.1. The summed E-state index contributed by atoms with van der Waals surface area (Å²) in [5.74, 6) is 0.0120. The van der Waals surface area contributed by atoms with Crippen molar-refractivity contribution in [3.05, 3.63) is 95.1 Å². The second-order valence-corrected chi connectivity index (χ2v) is 8.66. The Morgan fingerprint density at radius 2 is 0.943 bits per heavy atom. The SMILES string of the molecule is CCCCCCc1ccc(OC(F)(F)c2ccc(C(F)(F)Oc3ccc(CCC)cc3)cc2)cc1. The van der Waals surface area contributed by atoms with Crippen LogP contribution >= 0.6 is 0 Å². The van der Waals surface area contributed by atoms with Gasteiger partial charge in [0.05, 0.1) is 11.1 Å². The molecular weight excluding hydrogens is 456 g/mol. The lowest BCUT2D eigenvalue weighted by molar-refractivity contribution is -0.188. The number of halogens is 4. The number of hydrogen-bond acceptors (Lipinski definition) is 2. The quantitative estimate of drug-likeness (QED) is 0.176. The summed E-state index contributed by atoms with van der Waals surface area (Å²) in [7, 11) is 0. The molecule has 0 aliphatic carbocycles. The van der Waals surface area contributed by atoms with Crippen molar-refractivity contribution in [3.8, 4) is 11.5 Å². The Kier molecular flexibility index (Phi) is 9.19. The minimum absolute atomic E-state index is 0.00130. The predicted octanol–water partition coefficient (Wildman–Crippen LogP) is 9.02. The van der Waals surface area contributed by atoms with E-state index in [4.69, 9.17) is 9.47 Å². The second-order valence-electron chi connectivity index (χ2n) is 8.66. The Morgan fingerprint density at radius 1 is 0.514 bits per heavy atom. The van der Waals surface area contributed by atoms with Crippen LogP contribution in [0.2, 0.25) is 0 Å². The Morgan fingerprint density at radius 3 is 1.34 bits per heavy atom. The normalized spacial score (nSPS) is 11.9. The van der Waals surface area contributed by atoms with E-state index < -0.39 is 23.3 Å². The molecule has 0 aromatic heterocycles. The van der Waals surface area contributed by atoms with Gasteiger partial charge in [0.25, 0.3) is 0 Å². The lowest BCUT2D eigenvalue weighted by Gasteiger charge is -2.21. The van der Waals surface area contributed by atoms with Gasteiger partial charge < -0.3 is 9.47 Å². The van der Waals surface area contributed by atoms with Crippen molar-refractivity contribution in [2.45, 2.75) is 71.0 Å². The summed E-state index contributed by atoms with van der Waals surface area (Å²) in [6.07, 6.45) is -0.152. The fourth-order valence-electron chi connectivity index (χ4n) is 3.77. The lowest BCUT2D eigenvalue weighted by Crippen LogP contribution is -2.24. The zero-order valence-electron chi connectivity index (χ0n) is 20.2. The Labute approximate surface area is 204 Å². The van der Waals surface area contributed by atoms with Gasteiger partial charge in [-0.3, -0.25) is 0 Å². The molecule has 0 fully saturated rings. The number of unbranched alkanes of at least 4 members (excludes halogenated alkanes) is 3. The maximum atomic E-state index is 14.7. The summed E-state index contributed by atoms with van der Waals surface area (Å²) in [5, 5.41) is 0. The molecular formula is C29H32F4O2. The van der Waals surface area contributed by atoms with Crippen molar-refractivity contribution in [2.75, 3.05) is 0 Å². The fourth-order valence-corrected chi connectivity index (χ4v) is 3.77. The average Bonchev–Trinajstić information content (AvgIpc) is 2.84. The minimum Gasteiger partial charge on any atom is -0.429 e. The number of aryl methyl sites for hydroxylation is 2. The van der Waals surface area contributed by atoms with Gasteiger partial charge in [0.15, 0.2) is 0 Å². The third kappa shape index (κ3) is 7.74. The molecule has 3 rings (SSSR count). The van der Waals surface area contributed by atoms with Crippen LogP contribution in [0.15, 0.2) is 72.8 Å². The van der Waals surface area contributed by atoms with E-state index in [1.165, 1.54) is 30.7 Å². The molecule has 0 saturated carbocycles. The average molecular weight is 489 g/mol. The predicted molar refractivity (Wildman–Crippen MR) is 130 cm³/mol. The van der Waals surface area contributed by atoms with Gasteiger partial charge in [-0.1, -0.05) is 63.8 Å². The van der Waals surface area contributed by atoms with E-state index in [9.17, 15) is 17.6 Å². The van der Waals surface area contributed by atoms with Gasteiger partial charge in [-0.2, -0.15) is 17.6 Å². The van der Waals surface area contributed by atoms with Crippen molar-refractivity contribution in [1.29, 1.82) is 0 Å². The van der Waals surface area contributed by atoms with E-state index in [0.717, 1.165) is 73.9 Å². The van der Waals surface area contributed by atoms with Crippen LogP contribution in [0.25, 0.3) is 0 Å². The Bertz CT molecular complexity index is 1030. The second kappa shape index (κ2) is 12.1. The van der Waals surface area contributed by atoms with E-state index in [0.29, 0.717) is 0 Å². The highest BCUT2D eigenvalue weighted by atomic mass is 19.3. The molecule has 0 N–H and O–H groups in total. The number of hydrogen-bond donors (Lipinski definition) is 0. The maximum absolute atomic E-state index is 14.7. The van der Waals surface area contributed by atoms with Crippen molar-refractivity contribution < 1.29 is 27.0 Å². The summed E-state index contributed by atoms with van der Waals surface area (Å²) in [5.41, 5.74) is 1.03. The van der Waals surface area contributed by atoms with Crippen LogP contribution in [0.5, 0.6) is 11.5 Å². The van der Waals surface area contributed by atoms with Crippen molar-refractivity contribution in [1.82, 2.24) is 0 Å². The molecule has 0 radical (unpaired) electrons. The smallest absolute Gasteiger partial charge is 0.426 e. The van der Waals surface area contributed by atoms with E-state index in [1.807, 2.05) is 6.92 Å². The van der Waals surface area contributed by atoms with Gasteiger partial charge in [0, 0.05) is 0 Å². The Balaban J connectivity index is 1.62. The molecule has 0 aliphatic rings. The molecule has 0 bridgehead atoms. The number of alkyl halides is 4. The van der Waals surface area contributed by atoms with Gasteiger partial charge >= 0.3 is 12.2 Å². The third-order valence-electron chi connectivity index (χ3n) is 5.75. The monoisotopic (exact) mass is 488 g/mol. The first-order valence-corrected chi connectivity index (χ1v) is 12.2. The van der Waals surface area contributed by atoms with E-state index in [-0.39, 0.29) is 11.5 Å². The number of ether oxygens (including phenoxy) is 2. The van der Waals surface area contributed by atoms with Crippen molar-refractivity contribution in [3.63, 3.8) is 0 Å². The van der Waals surface area contributed by atoms with Crippen LogP contribution in [-0.2, 0) is 25.1 Å². The van der Waals surface area contributed by atoms with Crippen LogP contribution in [0, 0.1) is 0 Å². The molecule has 0 saturated heterocycles. The minimum atomic E-state index is -3.67.